The van der Waals surface area contributed by atoms with Gasteiger partial charge in [-0.15, -0.1) is 0 Å². The molecule has 1 heterocycles. The van der Waals surface area contributed by atoms with Crippen molar-refractivity contribution in [2.75, 3.05) is 0 Å². The lowest BCUT2D eigenvalue weighted by Gasteiger charge is -2.09. The summed E-state index contributed by atoms with van der Waals surface area (Å²) in [7, 11) is 0. The fourth-order valence-corrected chi connectivity index (χ4v) is 2.62. The second-order valence-corrected chi connectivity index (χ2v) is 5.94. The zero-order chi connectivity index (χ0) is 13.8. The fraction of sp³-hybridized carbons (Fsp3) is 0.333. The number of rotatable bonds is 4. The van der Waals surface area contributed by atoms with Crippen LogP contribution >= 0.6 is 11.8 Å². The normalized spacial score (nSPS) is 12.4. The molecule has 0 spiro atoms. The molecule has 2 aromatic rings. The Balaban J connectivity index is 2.15. The summed E-state index contributed by atoms with van der Waals surface area (Å²) in [6.07, 6.45) is 4.59. The van der Waals surface area contributed by atoms with E-state index in [1.807, 2.05) is 26.2 Å². The molecule has 2 N–H and O–H groups in total. The predicted molar refractivity (Wildman–Crippen MR) is 79.4 cm³/mol. The van der Waals surface area contributed by atoms with Gasteiger partial charge in [0.2, 0.25) is 0 Å². The Morgan fingerprint density at radius 1 is 1.21 bits per heavy atom. The Bertz CT molecular complexity index is 550. The molecule has 0 radical (unpaired) electrons. The maximum absolute atomic E-state index is 5.83. The molecule has 2 rings (SSSR count). The lowest BCUT2D eigenvalue weighted by molar-refractivity contribution is 0.737. The standard InChI is InChI=1S/C15H19N3S/c1-10-8-17-15(18-9-10)19-14-5-4-13(6-11(14)2)7-12(3)16/h4-6,8-9,12H,7,16H2,1-3H3. The third-order valence-electron chi connectivity index (χ3n) is 2.76. The van der Waals surface area contributed by atoms with E-state index in [2.05, 4.69) is 35.1 Å². The van der Waals surface area contributed by atoms with Crippen LogP contribution in [0.1, 0.15) is 23.6 Å². The van der Waals surface area contributed by atoms with Crippen molar-refractivity contribution in [3.63, 3.8) is 0 Å². The largest absolute Gasteiger partial charge is 0.328 e. The first-order valence-corrected chi connectivity index (χ1v) is 7.18. The van der Waals surface area contributed by atoms with Gasteiger partial charge in [-0.3, -0.25) is 0 Å². The molecule has 19 heavy (non-hydrogen) atoms. The van der Waals surface area contributed by atoms with Gasteiger partial charge in [0.05, 0.1) is 0 Å². The molecule has 0 amide bonds. The molecule has 0 aliphatic heterocycles. The fourth-order valence-electron chi connectivity index (χ4n) is 1.86. The first-order valence-electron chi connectivity index (χ1n) is 6.36. The van der Waals surface area contributed by atoms with Gasteiger partial charge in [-0.25, -0.2) is 9.97 Å². The number of aromatic nitrogens is 2. The van der Waals surface area contributed by atoms with Crippen LogP contribution in [-0.4, -0.2) is 16.0 Å². The van der Waals surface area contributed by atoms with Crippen molar-refractivity contribution in [3.05, 3.63) is 47.3 Å². The molecule has 1 aromatic carbocycles. The van der Waals surface area contributed by atoms with E-state index in [1.54, 1.807) is 11.8 Å². The van der Waals surface area contributed by atoms with Gasteiger partial charge in [-0.05, 0) is 61.7 Å². The van der Waals surface area contributed by atoms with E-state index in [9.17, 15) is 0 Å². The summed E-state index contributed by atoms with van der Waals surface area (Å²) in [5.74, 6) is 0. The second kappa shape index (κ2) is 6.17. The first kappa shape index (κ1) is 14.0. The van der Waals surface area contributed by atoms with Crippen LogP contribution in [-0.2, 0) is 6.42 Å². The third kappa shape index (κ3) is 4.04. The molecule has 4 heteroatoms. The van der Waals surface area contributed by atoms with E-state index in [0.717, 1.165) is 17.1 Å². The quantitative estimate of drug-likeness (QED) is 0.870. The van der Waals surface area contributed by atoms with E-state index >= 15 is 0 Å². The zero-order valence-electron chi connectivity index (χ0n) is 11.6. The molecular weight excluding hydrogens is 254 g/mol. The van der Waals surface area contributed by atoms with Crippen LogP contribution in [0.5, 0.6) is 0 Å². The van der Waals surface area contributed by atoms with Gasteiger partial charge in [0.25, 0.3) is 0 Å². The van der Waals surface area contributed by atoms with E-state index in [4.69, 9.17) is 5.73 Å². The Morgan fingerprint density at radius 3 is 2.47 bits per heavy atom. The van der Waals surface area contributed by atoms with Crippen LogP contribution in [0.3, 0.4) is 0 Å². The summed E-state index contributed by atoms with van der Waals surface area (Å²) in [4.78, 5) is 9.83. The molecule has 1 aromatic heterocycles. The van der Waals surface area contributed by atoms with Gasteiger partial charge in [0.15, 0.2) is 5.16 Å². The second-order valence-electron chi connectivity index (χ2n) is 4.93. The van der Waals surface area contributed by atoms with E-state index in [-0.39, 0.29) is 6.04 Å². The molecule has 3 nitrogen and oxygen atoms in total. The van der Waals surface area contributed by atoms with Gasteiger partial charge >= 0.3 is 0 Å². The molecule has 1 unspecified atom stereocenters. The minimum Gasteiger partial charge on any atom is -0.328 e. The smallest absolute Gasteiger partial charge is 0.192 e. The molecule has 0 bridgehead atoms. The van der Waals surface area contributed by atoms with Gasteiger partial charge in [0, 0.05) is 23.3 Å². The van der Waals surface area contributed by atoms with Crippen molar-refractivity contribution >= 4 is 11.8 Å². The molecule has 0 saturated carbocycles. The Hall–Kier alpha value is -1.39. The van der Waals surface area contributed by atoms with Gasteiger partial charge in [-0.1, -0.05) is 12.1 Å². The molecule has 0 aliphatic carbocycles. The summed E-state index contributed by atoms with van der Waals surface area (Å²) in [6, 6.07) is 6.64. The number of benzene rings is 1. The Labute approximate surface area is 118 Å². The van der Waals surface area contributed by atoms with Crippen molar-refractivity contribution in [3.8, 4) is 0 Å². The average molecular weight is 273 g/mol. The van der Waals surface area contributed by atoms with Crippen molar-refractivity contribution in [1.29, 1.82) is 0 Å². The minimum absolute atomic E-state index is 0.193. The summed E-state index contributed by atoms with van der Waals surface area (Å²) >= 11 is 1.60. The number of aryl methyl sites for hydroxylation is 2. The minimum atomic E-state index is 0.193. The zero-order valence-corrected chi connectivity index (χ0v) is 12.4. The van der Waals surface area contributed by atoms with Crippen molar-refractivity contribution in [2.24, 2.45) is 5.73 Å². The Morgan fingerprint density at radius 2 is 1.89 bits per heavy atom. The molecular formula is C15H19N3S. The van der Waals surface area contributed by atoms with Gasteiger partial charge < -0.3 is 5.73 Å². The maximum Gasteiger partial charge on any atom is 0.192 e. The topological polar surface area (TPSA) is 51.8 Å². The highest BCUT2D eigenvalue weighted by molar-refractivity contribution is 7.99. The number of nitrogens with two attached hydrogens (primary N) is 1. The highest BCUT2D eigenvalue weighted by Gasteiger charge is 2.05. The van der Waals surface area contributed by atoms with Crippen LogP contribution in [0.4, 0.5) is 0 Å². The molecule has 1 atom stereocenters. The van der Waals surface area contributed by atoms with E-state index in [1.165, 1.54) is 16.0 Å². The third-order valence-corrected chi connectivity index (χ3v) is 3.83. The molecule has 0 aliphatic rings. The van der Waals surface area contributed by atoms with E-state index < -0.39 is 0 Å². The average Bonchev–Trinajstić information content (AvgIpc) is 2.34. The van der Waals surface area contributed by atoms with Crippen molar-refractivity contribution in [1.82, 2.24) is 9.97 Å². The summed E-state index contributed by atoms with van der Waals surface area (Å²) < 4.78 is 0. The monoisotopic (exact) mass is 273 g/mol. The highest BCUT2D eigenvalue weighted by Crippen LogP contribution is 2.28. The van der Waals surface area contributed by atoms with Crippen LogP contribution in [0.2, 0.25) is 0 Å². The van der Waals surface area contributed by atoms with Crippen LogP contribution in [0, 0.1) is 13.8 Å². The summed E-state index contributed by atoms with van der Waals surface area (Å²) in [5, 5.41) is 0.786. The van der Waals surface area contributed by atoms with Crippen molar-refractivity contribution in [2.45, 2.75) is 43.3 Å². The molecule has 100 valence electrons. The molecule has 0 fully saturated rings. The van der Waals surface area contributed by atoms with Crippen LogP contribution in [0.25, 0.3) is 0 Å². The van der Waals surface area contributed by atoms with Gasteiger partial charge in [0.1, 0.15) is 0 Å². The SMILES string of the molecule is Cc1cnc(Sc2ccc(CC(C)N)cc2C)nc1. The predicted octanol–water partition coefficient (Wildman–Crippen LogP) is 3.13. The highest BCUT2D eigenvalue weighted by atomic mass is 32.2. The van der Waals surface area contributed by atoms with Crippen molar-refractivity contribution < 1.29 is 0 Å². The summed E-state index contributed by atoms with van der Waals surface area (Å²) in [5.41, 5.74) is 9.42. The maximum atomic E-state index is 5.83. The van der Waals surface area contributed by atoms with E-state index in [0.29, 0.717) is 0 Å². The number of hydrogen-bond donors (Lipinski definition) is 1. The van der Waals surface area contributed by atoms with Crippen LogP contribution < -0.4 is 5.73 Å². The first-order chi connectivity index (χ1) is 9.04. The lowest BCUT2D eigenvalue weighted by Crippen LogP contribution is -2.17. The number of nitrogens with zero attached hydrogens (tertiary/aromatic N) is 2. The number of hydrogen-bond acceptors (Lipinski definition) is 4. The van der Waals surface area contributed by atoms with Gasteiger partial charge in [-0.2, -0.15) is 0 Å². The van der Waals surface area contributed by atoms with Crippen LogP contribution in [0.15, 0.2) is 40.6 Å². The molecule has 0 saturated heterocycles. The summed E-state index contributed by atoms with van der Waals surface area (Å²) in [6.45, 7) is 6.13. The lowest BCUT2D eigenvalue weighted by atomic mass is 10.1. The Kier molecular flexibility index (Phi) is 4.56.